The summed E-state index contributed by atoms with van der Waals surface area (Å²) in [7, 11) is 0. The van der Waals surface area contributed by atoms with E-state index in [1.165, 1.54) is 22.2 Å². The first-order valence-electron chi connectivity index (χ1n) is 9.65. The van der Waals surface area contributed by atoms with Crippen LogP contribution in [0, 0.1) is 0 Å². The zero-order chi connectivity index (χ0) is 22.1. The molecule has 0 unspecified atom stereocenters. The number of thiophene rings is 2. The van der Waals surface area contributed by atoms with Gasteiger partial charge in [-0.15, -0.1) is 22.7 Å². The van der Waals surface area contributed by atoms with Gasteiger partial charge in [0.25, 0.3) is 5.56 Å². The lowest BCUT2D eigenvalue weighted by molar-refractivity contribution is -0.116. The summed E-state index contributed by atoms with van der Waals surface area (Å²) in [6.07, 6.45) is 3.04. The summed E-state index contributed by atoms with van der Waals surface area (Å²) in [6.45, 7) is 0.333. The molecule has 0 bridgehead atoms. The molecule has 0 spiro atoms. The number of hydrogen-bond acceptors (Lipinski definition) is 6. The van der Waals surface area contributed by atoms with E-state index in [0.29, 0.717) is 27.6 Å². The highest BCUT2D eigenvalue weighted by Gasteiger charge is 2.16. The molecule has 1 N–H and O–H groups in total. The highest BCUT2D eigenvalue weighted by atomic mass is 35.5. The van der Waals surface area contributed by atoms with Crippen molar-refractivity contribution in [3.8, 4) is 10.4 Å². The molecule has 7 nitrogen and oxygen atoms in total. The number of carbonyl (C=O) groups is 1. The molecular formula is C22H16ClN5O2S2. The maximum atomic E-state index is 13.1. The van der Waals surface area contributed by atoms with Gasteiger partial charge in [0.1, 0.15) is 17.2 Å². The highest BCUT2D eigenvalue weighted by molar-refractivity contribution is 7.18. The van der Waals surface area contributed by atoms with Gasteiger partial charge in [0.2, 0.25) is 5.91 Å². The number of carbonyl (C=O) groups excluding carboxylic acids is 1. The van der Waals surface area contributed by atoms with Gasteiger partial charge in [-0.2, -0.15) is 5.10 Å². The normalized spacial score (nSPS) is 11.2. The molecule has 0 saturated heterocycles. The summed E-state index contributed by atoms with van der Waals surface area (Å²) < 4.78 is 3.01. The van der Waals surface area contributed by atoms with Crippen LogP contribution in [0.4, 0.5) is 5.82 Å². The molecule has 1 aromatic carbocycles. The van der Waals surface area contributed by atoms with Gasteiger partial charge in [0.15, 0.2) is 0 Å². The van der Waals surface area contributed by atoms with Crippen molar-refractivity contribution >= 4 is 56.2 Å². The second-order valence-corrected chi connectivity index (χ2v) is 9.28. The number of rotatable bonds is 6. The SMILES string of the molecule is O=C(Cn1cnc2scc(-c3cccs3)c2c1=O)Nc1ccnn1Cc1ccc(Cl)cc1. The van der Waals surface area contributed by atoms with Crippen molar-refractivity contribution < 1.29 is 4.79 Å². The predicted octanol–water partition coefficient (Wildman–Crippen LogP) is 4.72. The molecule has 5 aromatic rings. The molecular weight excluding hydrogens is 466 g/mol. The number of aromatic nitrogens is 4. The zero-order valence-electron chi connectivity index (χ0n) is 16.6. The average Bonchev–Trinajstić information content (AvgIpc) is 3.53. The largest absolute Gasteiger partial charge is 0.309 e. The zero-order valence-corrected chi connectivity index (χ0v) is 19.0. The lowest BCUT2D eigenvalue weighted by Crippen LogP contribution is -2.28. The minimum Gasteiger partial charge on any atom is -0.309 e. The first-order valence-corrected chi connectivity index (χ1v) is 11.8. The minimum atomic E-state index is -0.334. The maximum absolute atomic E-state index is 13.1. The molecule has 0 radical (unpaired) electrons. The highest BCUT2D eigenvalue weighted by Crippen LogP contribution is 2.33. The van der Waals surface area contributed by atoms with Gasteiger partial charge in [-0.25, -0.2) is 9.67 Å². The van der Waals surface area contributed by atoms with Crippen LogP contribution in [0.3, 0.4) is 0 Å². The van der Waals surface area contributed by atoms with Crippen molar-refractivity contribution in [3.63, 3.8) is 0 Å². The Bertz CT molecular complexity index is 1450. The van der Waals surface area contributed by atoms with Crippen molar-refractivity contribution in [1.82, 2.24) is 19.3 Å². The van der Waals surface area contributed by atoms with Gasteiger partial charge in [0, 0.05) is 26.9 Å². The number of nitrogens with one attached hydrogen (secondary N) is 1. The average molecular weight is 482 g/mol. The Morgan fingerprint density at radius 3 is 2.75 bits per heavy atom. The Morgan fingerprint density at radius 1 is 1.12 bits per heavy atom. The Labute approximate surface area is 195 Å². The van der Waals surface area contributed by atoms with Gasteiger partial charge in [-0.1, -0.05) is 29.8 Å². The van der Waals surface area contributed by atoms with Crippen molar-refractivity contribution in [2.45, 2.75) is 13.1 Å². The molecule has 1 amide bonds. The van der Waals surface area contributed by atoms with E-state index in [9.17, 15) is 9.59 Å². The van der Waals surface area contributed by atoms with Crippen molar-refractivity contribution in [2.24, 2.45) is 0 Å². The third-order valence-corrected chi connectivity index (χ3v) is 6.93. The van der Waals surface area contributed by atoms with Crippen LogP contribution in [0.25, 0.3) is 20.7 Å². The number of fused-ring (bicyclic) bond motifs is 1. The van der Waals surface area contributed by atoms with Gasteiger partial charge >= 0.3 is 0 Å². The van der Waals surface area contributed by atoms with E-state index in [4.69, 9.17) is 11.6 Å². The summed E-state index contributed by atoms with van der Waals surface area (Å²) in [5, 5.41) is 12.2. The summed E-state index contributed by atoms with van der Waals surface area (Å²) in [5.41, 5.74) is 1.62. The smallest absolute Gasteiger partial charge is 0.263 e. The fourth-order valence-corrected chi connectivity index (χ4v) is 5.20. The second-order valence-electron chi connectivity index (χ2n) is 7.03. The van der Waals surface area contributed by atoms with Crippen LogP contribution in [0.2, 0.25) is 5.02 Å². The molecule has 32 heavy (non-hydrogen) atoms. The molecule has 4 aromatic heterocycles. The molecule has 160 valence electrons. The van der Waals surface area contributed by atoms with Gasteiger partial charge < -0.3 is 5.32 Å². The number of benzene rings is 1. The monoisotopic (exact) mass is 481 g/mol. The lowest BCUT2D eigenvalue weighted by Gasteiger charge is -2.10. The number of amides is 1. The van der Waals surface area contributed by atoms with Crippen molar-refractivity contribution in [2.75, 3.05) is 5.32 Å². The van der Waals surface area contributed by atoms with Crippen LogP contribution in [0.5, 0.6) is 0 Å². The first-order chi connectivity index (χ1) is 15.6. The quantitative estimate of drug-likeness (QED) is 0.380. The Morgan fingerprint density at radius 2 is 1.97 bits per heavy atom. The number of anilines is 1. The summed E-state index contributed by atoms with van der Waals surface area (Å²) in [5.74, 6) is 0.209. The molecule has 5 rings (SSSR count). The van der Waals surface area contributed by atoms with E-state index in [1.807, 2.05) is 47.2 Å². The third-order valence-electron chi connectivity index (χ3n) is 4.89. The van der Waals surface area contributed by atoms with Gasteiger partial charge in [0.05, 0.1) is 24.5 Å². The van der Waals surface area contributed by atoms with Crippen LogP contribution in [0.15, 0.2) is 70.5 Å². The van der Waals surface area contributed by atoms with Crippen LogP contribution < -0.4 is 10.9 Å². The molecule has 0 aliphatic heterocycles. The molecule has 10 heteroatoms. The molecule has 0 aliphatic carbocycles. The molecule has 0 saturated carbocycles. The Kier molecular flexibility index (Phi) is 5.60. The van der Waals surface area contributed by atoms with Crippen LogP contribution in [-0.2, 0) is 17.9 Å². The minimum absolute atomic E-state index is 0.145. The molecule has 0 atom stereocenters. The van der Waals surface area contributed by atoms with E-state index >= 15 is 0 Å². The van der Waals surface area contributed by atoms with Gasteiger partial charge in [-0.05, 0) is 29.1 Å². The van der Waals surface area contributed by atoms with E-state index in [1.54, 1.807) is 28.3 Å². The van der Waals surface area contributed by atoms with E-state index in [2.05, 4.69) is 15.4 Å². The fourth-order valence-electron chi connectivity index (χ4n) is 3.36. The van der Waals surface area contributed by atoms with Crippen molar-refractivity contribution in [1.29, 1.82) is 0 Å². The predicted molar refractivity (Wildman–Crippen MR) is 129 cm³/mol. The maximum Gasteiger partial charge on any atom is 0.263 e. The molecule has 4 heterocycles. The third kappa shape index (κ3) is 4.10. The van der Waals surface area contributed by atoms with E-state index < -0.39 is 0 Å². The summed E-state index contributed by atoms with van der Waals surface area (Å²) >= 11 is 8.93. The fraction of sp³-hybridized carbons (Fsp3) is 0.0909. The summed E-state index contributed by atoms with van der Waals surface area (Å²) in [6, 6.07) is 13.1. The van der Waals surface area contributed by atoms with Crippen molar-refractivity contribution in [3.05, 3.63) is 86.7 Å². The number of hydrogen-bond donors (Lipinski definition) is 1. The topological polar surface area (TPSA) is 81.8 Å². The Balaban J connectivity index is 1.36. The number of nitrogens with zero attached hydrogens (tertiary/aromatic N) is 4. The molecule has 0 fully saturated rings. The molecule has 0 aliphatic rings. The second kappa shape index (κ2) is 8.70. The van der Waals surface area contributed by atoms with E-state index in [0.717, 1.165) is 16.0 Å². The Hall–Kier alpha value is -3.27. The summed E-state index contributed by atoms with van der Waals surface area (Å²) in [4.78, 5) is 31.9. The van der Waals surface area contributed by atoms with Crippen LogP contribution >= 0.6 is 34.3 Å². The first kappa shape index (κ1) is 20.6. The van der Waals surface area contributed by atoms with Gasteiger partial charge in [-0.3, -0.25) is 14.2 Å². The lowest BCUT2D eigenvalue weighted by atomic mass is 10.2. The van der Waals surface area contributed by atoms with Crippen LogP contribution in [0.1, 0.15) is 5.56 Å². The number of halogens is 1. The standard InChI is InChI=1S/C22H16ClN5O2S2/c23-15-5-3-14(4-6-15)10-28-18(7-8-25-28)26-19(29)11-27-13-24-21-20(22(27)30)16(12-32-21)17-2-1-9-31-17/h1-9,12-13H,10-11H2,(H,26,29). The van der Waals surface area contributed by atoms with E-state index in [-0.39, 0.29) is 18.0 Å². The van der Waals surface area contributed by atoms with Crippen LogP contribution in [-0.4, -0.2) is 25.2 Å².